The standard InChI is InChI=1S/C48H32N2O6/c51-31-25-27-47(49(53)54)45(29-31)43-23-11-9-21-41(43)39-19-7-5-17-37(39)35-15-3-1-13-33(35)34-14-2-4-16-36(34)38-18-6-8-20-40(38)42-22-10-12-24-44(42)46-30-32(52)26-28-48(46)50(55)56/h1-30,51-52H. The molecule has 0 saturated carbocycles. The maximum Gasteiger partial charge on any atom is 0.277 e. The molecule has 0 aromatic heterocycles. The Labute approximate surface area is 322 Å². The summed E-state index contributed by atoms with van der Waals surface area (Å²) in [5, 5.41) is 45.1. The Morgan fingerprint density at radius 3 is 0.643 bits per heavy atom. The molecule has 8 aromatic rings. The summed E-state index contributed by atoms with van der Waals surface area (Å²) in [6, 6.07) is 55.2. The first-order chi connectivity index (χ1) is 27.3. The lowest BCUT2D eigenvalue weighted by Crippen LogP contribution is -1.96. The molecule has 8 aromatic carbocycles. The fraction of sp³-hybridized carbons (Fsp3) is 0. The van der Waals surface area contributed by atoms with E-state index >= 15 is 0 Å². The molecule has 56 heavy (non-hydrogen) atoms. The summed E-state index contributed by atoms with van der Waals surface area (Å²) in [7, 11) is 0. The summed E-state index contributed by atoms with van der Waals surface area (Å²) < 4.78 is 0. The minimum Gasteiger partial charge on any atom is -0.508 e. The van der Waals surface area contributed by atoms with Crippen molar-refractivity contribution in [3.63, 3.8) is 0 Å². The predicted octanol–water partition coefficient (Wildman–Crippen LogP) is 12.6. The van der Waals surface area contributed by atoms with Crippen molar-refractivity contribution in [3.05, 3.63) is 202 Å². The molecule has 0 heterocycles. The minimum absolute atomic E-state index is 0.0707. The van der Waals surface area contributed by atoms with Crippen LogP contribution in [0.4, 0.5) is 11.4 Å². The topological polar surface area (TPSA) is 127 Å². The van der Waals surface area contributed by atoms with Gasteiger partial charge in [-0.15, -0.1) is 0 Å². The first-order valence-corrected chi connectivity index (χ1v) is 17.8. The number of aromatic hydroxyl groups is 2. The number of phenolic OH excluding ortho intramolecular Hbond substituents is 2. The molecule has 0 atom stereocenters. The van der Waals surface area contributed by atoms with Crippen molar-refractivity contribution in [1.82, 2.24) is 0 Å². The molecule has 0 aliphatic heterocycles. The molecule has 8 rings (SSSR count). The molecule has 0 bridgehead atoms. The van der Waals surface area contributed by atoms with Crippen LogP contribution < -0.4 is 0 Å². The lowest BCUT2D eigenvalue weighted by molar-refractivity contribution is -0.384. The summed E-state index contributed by atoms with van der Waals surface area (Å²) >= 11 is 0. The van der Waals surface area contributed by atoms with Crippen molar-refractivity contribution >= 4 is 11.4 Å². The lowest BCUT2D eigenvalue weighted by Gasteiger charge is -2.20. The molecule has 0 spiro atoms. The molecule has 8 nitrogen and oxygen atoms in total. The quantitative estimate of drug-likeness (QED) is 0.112. The largest absolute Gasteiger partial charge is 0.508 e. The highest BCUT2D eigenvalue weighted by Crippen LogP contribution is 2.47. The van der Waals surface area contributed by atoms with E-state index in [1.54, 1.807) is 0 Å². The third kappa shape index (κ3) is 6.52. The molecule has 8 heteroatoms. The lowest BCUT2D eigenvalue weighted by atomic mass is 9.83. The Hall–Kier alpha value is -7.84. The van der Waals surface area contributed by atoms with E-state index in [2.05, 4.69) is 24.3 Å². The van der Waals surface area contributed by atoms with Crippen LogP contribution in [-0.2, 0) is 0 Å². The van der Waals surface area contributed by atoms with Gasteiger partial charge in [0, 0.05) is 12.1 Å². The normalized spacial score (nSPS) is 10.9. The van der Waals surface area contributed by atoms with E-state index in [0.29, 0.717) is 22.3 Å². The van der Waals surface area contributed by atoms with Gasteiger partial charge in [0.2, 0.25) is 0 Å². The summed E-state index contributed by atoms with van der Waals surface area (Å²) in [4.78, 5) is 23.4. The van der Waals surface area contributed by atoms with Gasteiger partial charge in [0.25, 0.3) is 11.4 Å². The first kappa shape index (κ1) is 35.2. The number of benzene rings is 8. The Morgan fingerprint density at radius 1 is 0.286 bits per heavy atom. The highest BCUT2D eigenvalue weighted by atomic mass is 16.6. The summed E-state index contributed by atoms with van der Waals surface area (Å²) in [5.74, 6) is -0.141. The fourth-order valence-electron chi connectivity index (χ4n) is 7.52. The molecular formula is C48H32N2O6. The van der Waals surface area contributed by atoms with Crippen LogP contribution in [0.1, 0.15) is 0 Å². The van der Waals surface area contributed by atoms with Gasteiger partial charge in [0.1, 0.15) is 11.5 Å². The number of nitro benzene ring substituents is 2. The van der Waals surface area contributed by atoms with Crippen molar-refractivity contribution in [2.45, 2.75) is 0 Å². The molecule has 0 amide bonds. The van der Waals surface area contributed by atoms with E-state index in [0.717, 1.165) is 55.6 Å². The van der Waals surface area contributed by atoms with E-state index in [9.17, 15) is 30.4 Å². The Kier molecular flexibility index (Phi) is 9.36. The Balaban J connectivity index is 1.31. The van der Waals surface area contributed by atoms with E-state index in [4.69, 9.17) is 0 Å². The number of hydrogen-bond acceptors (Lipinski definition) is 6. The number of rotatable bonds is 9. The maximum absolute atomic E-state index is 12.1. The molecule has 0 fully saturated rings. The molecule has 0 aliphatic rings. The van der Waals surface area contributed by atoms with Crippen molar-refractivity contribution in [2.24, 2.45) is 0 Å². The second kappa shape index (κ2) is 14.9. The van der Waals surface area contributed by atoms with Gasteiger partial charge < -0.3 is 10.2 Å². The van der Waals surface area contributed by atoms with Gasteiger partial charge in [0.05, 0.1) is 21.0 Å². The van der Waals surface area contributed by atoms with Crippen molar-refractivity contribution in [3.8, 4) is 89.4 Å². The highest BCUT2D eigenvalue weighted by molar-refractivity contribution is 6.01. The van der Waals surface area contributed by atoms with Gasteiger partial charge in [0.15, 0.2) is 0 Å². The zero-order chi connectivity index (χ0) is 38.8. The van der Waals surface area contributed by atoms with Gasteiger partial charge in [-0.2, -0.15) is 0 Å². The average Bonchev–Trinajstić information content (AvgIpc) is 3.23. The zero-order valence-electron chi connectivity index (χ0n) is 29.7. The van der Waals surface area contributed by atoms with E-state index in [1.165, 1.54) is 36.4 Å². The summed E-state index contributed by atoms with van der Waals surface area (Å²) in [6.45, 7) is 0. The monoisotopic (exact) mass is 732 g/mol. The van der Waals surface area contributed by atoms with Crippen LogP contribution in [0.2, 0.25) is 0 Å². The third-order valence-electron chi connectivity index (χ3n) is 9.95. The molecule has 0 aliphatic carbocycles. The number of hydrogen-bond donors (Lipinski definition) is 2. The van der Waals surface area contributed by atoms with Crippen molar-refractivity contribution in [2.75, 3.05) is 0 Å². The Bertz CT molecular complexity index is 2620. The number of nitrogens with zero attached hydrogens (tertiary/aromatic N) is 2. The zero-order valence-corrected chi connectivity index (χ0v) is 29.7. The molecule has 0 radical (unpaired) electrons. The number of phenols is 2. The molecule has 270 valence electrons. The van der Waals surface area contributed by atoms with Gasteiger partial charge in [-0.1, -0.05) is 146 Å². The van der Waals surface area contributed by atoms with Gasteiger partial charge >= 0.3 is 0 Å². The van der Waals surface area contributed by atoms with Crippen LogP contribution in [0.5, 0.6) is 11.5 Å². The van der Waals surface area contributed by atoms with Gasteiger partial charge in [-0.3, -0.25) is 20.2 Å². The Morgan fingerprint density at radius 2 is 0.464 bits per heavy atom. The van der Waals surface area contributed by atoms with Crippen LogP contribution in [0.25, 0.3) is 77.9 Å². The van der Waals surface area contributed by atoms with E-state index in [1.807, 2.05) is 121 Å². The second-order valence-corrected chi connectivity index (χ2v) is 13.2. The molecule has 2 N–H and O–H groups in total. The van der Waals surface area contributed by atoms with Gasteiger partial charge in [-0.25, -0.2) is 0 Å². The average molecular weight is 733 g/mol. The molecule has 0 unspecified atom stereocenters. The highest BCUT2D eigenvalue weighted by Gasteiger charge is 2.24. The third-order valence-corrected chi connectivity index (χ3v) is 9.95. The number of nitro groups is 2. The molecule has 0 saturated heterocycles. The SMILES string of the molecule is O=[N+]([O-])c1ccc(O)cc1-c1ccccc1-c1ccccc1-c1ccccc1-c1ccccc1-c1ccccc1-c1ccccc1-c1cc(O)ccc1[N+](=O)[O-]. The van der Waals surface area contributed by atoms with Gasteiger partial charge in [-0.05, 0) is 91.0 Å². The summed E-state index contributed by atoms with van der Waals surface area (Å²) in [5.41, 5.74) is 10.4. The smallest absolute Gasteiger partial charge is 0.277 e. The predicted molar refractivity (Wildman–Crippen MR) is 221 cm³/mol. The van der Waals surface area contributed by atoms with Crippen LogP contribution in [-0.4, -0.2) is 20.1 Å². The second-order valence-electron chi connectivity index (χ2n) is 13.2. The van der Waals surface area contributed by atoms with Crippen molar-refractivity contribution in [1.29, 1.82) is 0 Å². The van der Waals surface area contributed by atoms with E-state index in [-0.39, 0.29) is 22.9 Å². The van der Waals surface area contributed by atoms with E-state index < -0.39 is 9.85 Å². The fourth-order valence-corrected chi connectivity index (χ4v) is 7.52. The van der Waals surface area contributed by atoms with Crippen LogP contribution in [0.15, 0.2) is 182 Å². The van der Waals surface area contributed by atoms with Crippen LogP contribution in [0, 0.1) is 20.2 Å². The van der Waals surface area contributed by atoms with Crippen LogP contribution >= 0.6 is 0 Å². The maximum atomic E-state index is 12.1. The van der Waals surface area contributed by atoms with Crippen LogP contribution in [0.3, 0.4) is 0 Å². The minimum atomic E-state index is -0.440. The first-order valence-electron chi connectivity index (χ1n) is 17.8. The summed E-state index contributed by atoms with van der Waals surface area (Å²) in [6.07, 6.45) is 0. The van der Waals surface area contributed by atoms with Crippen molar-refractivity contribution < 1.29 is 20.1 Å². The molecular weight excluding hydrogens is 701 g/mol.